The molecule has 0 aliphatic carbocycles. The second-order valence-corrected chi connectivity index (χ2v) is 5.67. The van der Waals surface area contributed by atoms with Crippen LogP contribution in [0.2, 0.25) is 0 Å². The third kappa shape index (κ3) is 5.82. The Kier molecular flexibility index (Phi) is 6.28. The second-order valence-electron chi connectivity index (χ2n) is 5.67. The summed E-state index contributed by atoms with van der Waals surface area (Å²) in [6.07, 6.45) is 5.03. The van der Waals surface area contributed by atoms with E-state index in [1.165, 1.54) is 12.3 Å². The molecule has 7 nitrogen and oxygen atoms in total. The first-order valence-corrected chi connectivity index (χ1v) is 7.71. The first-order chi connectivity index (χ1) is 11.0. The lowest BCUT2D eigenvalue weighted by Crippen LogP contribution is -2.42. The molecule has 2 rings (SSSR count). The van der Waals surface area contributed by atoms with Gasteiger partial charge in [-0.05, 0) is 32.4 Å². The highest BCUT2D eigenvalue weighted by molar-refractivity contribution is 5.88. The van der Waals surface area contributed by atoms with E-state index in [9.17, 15) is 14.0 Å². The number of carbonyl (C=O) groups is 2. The summed E-state index contributed by atoms with van der Waals surface area (Å²) in [5.74, 6) is -0.812. The van der Waals surface area contributed by atoms with Gasteiger partial charge in [-0.1, -0.05) is 0 Å². The topological polar surface area (TPSA) is 100 Å². The van der Waals surface area contributed by atoms with E-state index in [4.69, 9.17) is 5.73 Å². The standard InChI is InChI=1S/C15H22FN5O2/c16-12-7-13(9-18-8-12)20-15(23)19-4-2-6-21-5-1-3-11(10-21)14(17)22/h7-9,11H,1-6,10H2,(H2,17,22)(H2,19,20,23)/t11-/m0/s1. The van der Waals surface area contributed by atoms with E-state index in [1.807, 2.05) is 0 Å². The summed E-state index contributed by atoms with van der Waals surface area (Å²) in [5.41, 5.74) is 5.65. The quantitative estimate of drug-likeness (QED) is 0.678. The Labute approximate surface area is 134 Å². The van der Waals surface area contributed by atoms with Crippen molar-refractivity contribution in [2.24, 2.45) is 11.7 Å². The molecule has 1 aliphatic heterocycles. The summed E-state index contributed by atoms with van der Waals surface area (Å²) in [7, 11) is 0. The molecule has 0 aromatic carbocycles. The lowest BCUT2D eigenvalue weighted by Gasteiger charge is -2.31. The third-order valence-corrected chi connectivity index (χ3v) is 3.81. The maximum atomic E-state index is 12.9. The van der Waals surface area contributed by atoms with Crippen LogP contribution in [0, 0.1) is 11.7 Å². The number of halogens is 1. The lowest BCUT2D eigenvalue weighted by molar-refractivity contribution is -0.123. The van der Waals surface area contributed by atoms with Crippen LogP contribution < -0.4 is 16.4 Å². The summed E-state index contributed by atoms with van der Waals surface area (Å²) in [6, 6.07) is 0.802. The van der Waals surface area contributed by atoms with Gasteiger partial charge >= 0.3 is 6.03 Å². The molecular formula is C15H22FN5O2. The Morgan fingerprint density at radius 1 is 1.43 bits per heavy atom. The van der Waals surface area contributed by atoms with Crippen LogP contribution in [0.1, 0.15) is 19.3 Å². The fourth-order valence-electron chi connectivity index (χ4n) is 2.65. The maximum absolute atomic E-state index is 12.9. The molecule has 1 aromatic rings. The van der Waals surface area contributed by atoms with Crippen molar-refractivity contribution < 1.29 is 14.0 Å². The number of rotatable bonds is 6. The van der Waals surface area contributed by atoms with Gasteiger partial charge in [-0.15, -0.1) is 0 Å². The summed E-state index contributed by atoms with van der Waals surface area (Å²) < 4.78 is 12.9. The number of anilines is 1. The minimum Gasteiger partial charge on any atom is -0.369 e. The van der Waals surface area contributed by atoms with E-state index < -0.39 is 11.8 Å². The second kappa shape index (κ2) is 8.42. The van der Waals surface area contributed by atoms with Crippen LogP contribution in [0.4, 0.5) is 14.9 Å². The summed E-state index contributed by atoms with van der Waals surface area (Å²) in [4.78, 5) is 28.7. The van der Waals surface area contributed by atoms with Gasteiger partial charge in [-0.25, -0.2) is 9.18 Å². The zero-order valence-electron chi connectivity index (χ0n) is 12.9. The first kappa shape index (κ1) is 17.1. The van der Waals surface area contributed by atoms with Crippen LogP contribution in [0.25, 0.3) is 0 Å². The molecule has 0 spiro atoms. The van der Waals surface area contributed by atoms with E-state index in [0.29, 0.717) is 18.8 Å². The van der Waals surface area contributed by atoms with E-state index in [-0.39, 0.29) is 11.8 Å². The zero-order chi connectivity index (χ0) is 16.7. The zero-order valence-corrected chi connectivity index (χ0v) is 12.9. The Balaban J connectivity index is 1.63. The molecule has 3 amide bonds. The number of nitrogens with zero attached hydrogens (tertiary/aromatic N) is 2. The molecule has 8 heteroatoms. The van der Waals surface area contributed by atoms with E-state index in [0.717, 1.165) is 38.5 Å². The SMILES string of the molecule is NC(=O)[C@H]1CCCN(CCCNC(=O)Nc2cncc(F)c2)C1. The number of likely N-dealkylation sites (tertiary alicyclic amines) is 1. The van der Waals surface area contributed by atoms with Crippen molar-refractivity contribution in [1.82, 2.24) is 15.2 Å². The maximum Gasteiger partial charge on any atom is 0.319 e. The van der Waals surface area contributed by atoms with Gasteiger partial charge in [0, 0.05) is 19.2 Å². The molecule has 0 bridgehead atoms. The molecule has 1 aliphatic rings. The molecule has 126 valence electrons. The Hall–Kier alpha value is -2.22. The smallest absolute Gasteiger partial charge is 0.319 e. The molecule has 1 aromatic heterocycles. The number of hydrogen-bond acceptors (Lipinski definition) is 4. The van der Waals surface area contributed by atoms with Crippen molar-refractivity contribution in [3.05, 3.63) is 24.3 Å². The van der Waals surface area contributed by atoms with Crippen LogP contribution in [-0.4, -0.2) is 48.0 Å². The van der Waals surface area contributed by atoms with Crippen molar-refractivity contribution in [3.63, 3.8) is 0 Å². The van der Waals surface area contributed by atoms with Gasteiger partial charge in [0.25, 0.3) is 0 Å². The van der Waals surface area contributed by atoms with E-state index in [1.54, 1.807) is 0 Å². The van der Waals surface area contributed by atoms with Crippen molar-refractivity contribution in [2.75, 3.05) is 31.5 Å². The van der Waals surface area contributed by atoms with E-state index >= 15 is 0 Å². The molecule has 0 unspecified atom stereocenters. The number of piperidine rings is 1. The van der Waals surface area contributed by atoms with Crippen molar-refractivity contribution in [3.8, 4) is 0 Å². The normalized spacial score (nSPS) is 18.4. The van der Waals surface area contributed by atoms with Gasteiger partial charge in [0.15, 0.2) is 0 Å². The van der Waals surface area contributed by atoms with Crippen LogP contribution >= 0.6 is 0 Å². The van der Waals surface area contributed by atoms with Gasteiger partial charge in [0.1, 0.15) is 5.82 Å². The van der Waals surface area contributed by atoms with Gasteiger partial charge < -0.3 is 21.3 Å². The highest BCUT2D eigenvalue weighted by atomic mass is 19.1. The molecule has 0 saturated carbocycles. The Morgan fingerprint density at radius 2 is 2.26 bits per heavy atom. The summed E-state index contributed by atoms with van der Waals surface area (Å²) >= 11 is 0. The van der Waals surface area contributed by atoms with Crippen LogP contribution in [0.3, 0.4) is 0 Å². The number of carbonyl (C=O) groups excluding carboxylic acids is 2. The average molecular weight is 323 g/mol. The first-order valence-electron chi connectivity index (χ1n) is 7.71. The van der Waals surface area contributed by atoms with Crippen molar-refractivity contribution in [1.29, 1.82) is 0 Å². The summed E-state index contributed by atoms with van der Waals surface area (Å²) in [5, 5.41) is 5.22. The van der Waals surface area contributed by atoms with Gasteiger partial charge in [0.2, 0.25) is 5.91 Å². The fraction of sp³-hybridized carbons (Fsp3) is 0.533. The molecular weight excluding hydrogens is 301 g/mol. The molecule has 1 atom stereocenters. The number of hydrogen-bond donors (Lipinski definition) is 3. The third-order valence-electron chi connectivity index (χ3n) is 3.81. The number of pyridine rings is 1. The number of urea groups is 1. The predicted octanol–water partition coefficient (Wildman–Crippen LogP) is 0.930. The van der Waals surface area contributed by atoms with Crippen LogP contribution in [0.15, 0.2) is 18.5 Å². The largest absolute Gasteiger partial charge is 0.369 e. The molecule has 2 heterocycles. The summed E-state index contributed by atoms with van der Waals surface area (Å²) in [6.45, 7) is 2.93. The van der Waals surface area contributed by atoms with Gasteiger partial charge in [-0.2, -0.15) is 0 Å². The van der Waals surface area contributed by atoms with Crippen LogP contribution in [0.5, 0.6) is 0 Å². The van der Waals surface area contributed by atoms with Crippen molar-refractivity contribution >= 4 is 17.6 Å². The monoisotopic (exact) mass is 323 g/mol. The van der Waals surface area contributed by atoms with Crippen molar-refractivity contribution in [2.45, 2.75) is 19.3 Å². The number of aromatic nitrogens is 1. The highest BCUT2D eigenvalue weighted by Crippen LogP contribution is 2.15. The number of primary amides is 1. The number of nitrogens with two attached hydrogens (primary N) is 1. The number of nitrogens with one attached hydrogen (secondary N) is 2. The molecule has 23 heavy (non-hydrogen) atoms. The van der Waals surface area contributed by atoms with Gasteiger partial charge in [0.05, 0.1) is 24.0 Å². The molecule has 1 saturated heterocycles. The van der Waals surface area contributed by atoms with Crippen LogP contribution in [-0.2, 0) is 4.79 Å². The molecule has 1 fully saturated rings. The lowest BCUT2D eigenvalue weighted by atomic mass is 9.97. The Bertz CT molecular complexity index is 554. The molecule has 4 N–H and O–H groups in total. The highest BCUT2D eigenvalue weighted by Gasteiger charge is 2.23. The molecule has 0 radical (unpaired) electrons. The minimum atomic E-state index is -0.503. The number of amides is 3. The average Bonchev–Trinajstić information content (AvgIpc) is 2.52. The minimum absolute atomic E-state index is 0.0690. The van der Waals surface area contributed by atoms with E-state index in [2.05, 4.69) is 20.5 Å². The predicted molar refractivity (Wildman–Crippen MR) is 84.2 cm³/mol. The van der Waals surface area contributed by atoms with Gasteiger partial charge in [-0.3, -0.25) is 9.78 Å². The fourth-order valence-corrected chi connectivity index (χ4v) is 2.65. The Morgan fingerprint density at radius 3 is 3.00 bits per heavy atom.